The second-order valence-electron chi connectivity index (χ2n) is 14.9. The van der Waals surface area contributed by atoms with Crippen LogP contribution in [0.2, 0.25) is 0 Å². The Hall–Kier alpha value is -3.16. The predicted octanol–water partition coefficient (Wildman–Crippen LogP) is -2.12. The van der Waals surface area contributed by atoms with Gasteiger partial charge in [-0.2, -0.15) is 0 Å². The number of rotatable bonds is 12. The number of nitrogens with one attached hydrogen (secondary N) is 2. The lowest BCUT2D eigenvalue weighted by atomic mass is 9.87. The molecule has 52 heavy (non-hydrogen) atoms. The van der Waals surface area contributed by atoms with Gasteiger partial charge in [0.1, 0.15) is 22.5 Å². The first-order valence-electron chi connectivity index (χ1n) is 17.5. The van der Waals surface area contributed by atoms with E-state index in [4.69, 9.17) is 0 Å². The predicted molar refractivity (Wildman–Crippen MR) is 196 cm³/mol. The van der Waals surface area contributed by atoms with E-state index >= 15 is 9.59 Å². The van der Waals surface area contributed by atoms with E-state index in [9.17, 15) is 39.6 Å². The van der Waals surface area contributed by atoms with Crippen LogP contribution in [-0.2, 0) is 19.2 Å². The molecule has 0 aliphatic carbocycles. The molecular weight excluding hydrogens is 717 g/mol. The van der Waals surface area contributed by atoms with E-state index in [1.807, 2.05) is 0 Å². The van der Waals surface area contributed by atoms with Crippen molar-refractivity contribution in [1.29, 1.82) is 0 Å². The van der Waals surface area contributed by atoms with Crippen LogP contribution in [0.25, 0.3) is 9.81 Å². The first-order chi connectivity index (χ1) is 24.3. The van der Waals surface area contributed by atoms with Crippen LogP contribution in [0.5, 0.6) is 0 Å². The Balaban J connectivity index is 1.77. The maximum Gasteiger partial charge on any atom is 0.311 e. The summed E-state index contributed by atoms with van der Waals surface area (Å²) in [5, 5.41) is 48.2. The Morgan fingerprint density at radius 1 is 0.692 bits per heavy atom. The Bertz CT molecular complexity index is 1740. The summed E-state index contributed by atoms with van der Waals surface area (Å²) in [6.07, 6.45) is -2.01. The molecule has 4 aliphatic heterocycles. The first-order valence-corrected chi connectivity index (χ1v) is 19.2. The number of carboxylic acid groups (broad SMARTS) is 2. The van der Waals surface area contributed by atoms with Gasteiger partial charge in [-0.05, 0) is 26.7 Å². The molecule has 2 amide bonds. The van der Waals surface area contributed by atoms with Gasteiger partial charge in [0.25, 0.3) is 11.1 Å². The molecule has 0 radical (unpaired) electrons. The van der Waals surface area contributed by atoms with Crippen LogP contribution in [0.1, 0.15) is 52.6 Å². The third kappa shape index (κ3) is 6.97. The van der Waals surface area contributed by atoms with E-state index in [0.29, 0.717) is 35.7 Å². The van der Waals surface area contributed by atoms with E-state index in [0.717, 1.165) is 0 Å². The number of hydrogen-bond acceptors (Lipinski definition) is 12. The molecule has 0 bridgehead atoms. The summed E-state index contributed by atoms with van der Waals surface area (Å²) >= 11 is 2.56. The summed E-state index contributed by atoms with van der Waals surface area (Å²) in [5.41, 5.74) is -1.39. The van der Waals surface area contributed by atoms with E-state index in [2.05, 4.69) is 10.6 Å². The number of aliphatic hydroxyl groups excluding tert-OH is 2. The monoisotopic (exact) mass is 766 g/mol. The zero-order valence-electron chi connectivity index (χ0n) is 30.6. The summed E-state index contributed by atoms with van der Waals surface area (Å²) in [7, 11) is 6.61. The van der Waals surface area contributed by atoms with Crippen LogP contribution >= 0.6 is 23.5 Å². The van der Waals surface area contributed by atoms with Crippen molar-refractivity contribution in [3.8, 4) is 0 Å². The molecule has 6 N–H and O–H groups in total. The largest absolute Gasteiger partial charge is 0.481 e. The number of carboxylic acids is 2. The van der Waals surface area contributed by atoms with E-state index in [-0.39, 0.29) is 33.0 Å². The Labute approximate surface area is 309 Å². The van der Waals surface area contributed by atoms with Crippen LogP contribution in [-0.4, -0.2) is 139 Å². The molecule has 5 heterocycles. The summed E-state index contributed by atoms with van der Waals surface area (Å²) in [5.74, 6) is -7.38. The van der Waals surface area contributed by atoms with Crippen LogP contribution in [0.3, 0.4) is 0 Å². The first kappa shape index (κ1) is 40.0. The topological polar surface area (TPSA) is 224 Å². The average Bonchev–Trinajstić information content (AvgIpc) is 3.83. The number of aliphatic hydroxyl groups is 2. The van der Waals surface area contributed by atoms with Crippen molar-refractivity contribution in [2.75, 3.05) is 41.3 Å². The zero-order valence-corrected chi connectivity index (χ0v) is 32.2. The highest BCUT2D eigenvalue weighted by Crippen LogP contribution is 2.46. The van der Waals surface area contributed by atoms with Crippen molar-refractivity contribution >= 4 is 57.1 Å². The van der Waals surface area contributed by atoms with Crippen LogP contribution < -0.4 is 32.5 Å². The van der Waals surface area contributed by atoms with Gasteiger partial charge in [-0.15, -0.1) is 23.5 Å². The SMILES string of the molecule is C[C@@H](O)[C@@H](C(=O)O)[C@H]1[C@@H](C)C(S[C@@H]2CN[C@H](C(=O)N(C)C)C2)=c2c(=O)n3c(c(=O)n21)=C(S[C@@H]1CN[C@H](C(=O)N(C)C)C1)[C@H](C)[C@@H]3[C@H](C(=O)O)[C@@H](C)O. The third-order valence-corrected chi connectivity index (χ3v) is 13.9. The molecule has 0 aromatic carbocycles. The minimum atomic E-state index is -1.48. The number of aliphatic carboxylic acids is 2. The number of likely N-dealkylation sites (N-methyl/N-ethyl adjacent to an activating group) is 2. The minimum Gasteiger partial charge on any atom is -0.481 e. The second kappa shape index (κ2) is 15.3. The molecule has 0 unspecified atom stereocenters. The van der Waals surface area contributed by atoms with E-state index in [1.54, 1.807) is 42.0 Å². The fraction of sp³-hybridized carbons (Fsp3) is 0.706. The molecular formula is C34H50N6O10S2. The Kier molecular flexibility index (Phi) is 11.8. The molecule has 18 heteroatoms. The molecule has 4 aliphatic rings. The van der Waals surface area contributed by atoms with Gasteiger partial charge in [0.15, 0.2) is 0 Å². The molecule has 0 spiro atoms. The lowest BCUT2D eigenvalue weighted by Gasteiger charge is -2.30. The van der Waals surface area contributed by atoms with Crippen molar-refractivity contribution in [3.05, 3.63) is 31.4 Å². The number of nitrogens with zero attached hydrogens (tertiary/aromatic N) is 4. The summed E-state index contributed by atoms with van der Waals surface area (Å²) in [6, 6.07) is -3.30. The van der Waals surface area contributed by atoms with E-state index in [1.165, 1.54) is 56.3 Å². The molecule has 288 valence electrons. The maximum absolute atomic E-state index is 15.0. The zero-order chi connectivity index (χ0) is 38.7. The molecule has 1 aromatic rings. The van der Waals surface area contributed by atoms with Crippen molar-refractivity contribution < 1.29 is 39.6 Å². The summed E-state index contributed by atoms with van der Waals surface area (Å²) < 4.78 is 2.38. The number of amides is 2. The van der Waals surface area contributed by atoms with E-state index < -0.39 is 83.1 Å². The van der Waals surface area contributed by atoms with Gasteiger partial charge in [0, 0.05) is 73.4 Å². The van der Waals surface area contributed by atoms with Crippen LogP contribution in [0.15, 0.2) is 9.59 Å². The van der Waals surface area contributed by atoms with Gasteiger partial charge < -0.3 is 40.9 Å². The highest BCUT2D eigenvalue weighted by molar-refractivity contribution is 8.08. The highest BCUT2D eigenvalue weighted by atomic mass is 32.2. The number of fused-ring (bicyclic) bond motifs is 2. The number of thioether (sulfide) groups is 2. The molecule has 0 saturated carbocycles. The van der Waals surface area contributed by atoms with Gasteiger partial charge in [-0.25, -0.2) is 0 Å². The molecule has 1 aromatic heterocycles. The second-order valence-corrected chi connectivity index (χ2v) is 17.6. The highest BCUT2D eigenvalue weighted by Gasteiger charge is 2.50. The number of hydrogen-bond donors (Lipinski definition) is 6. The molecule has 5 rings (SSSR count). The third-order valence-electron chi connectivity index (χ3n) is 10.8. The molecule has 12 atom stereocenters. The van der Waals surface area contributed by atoms with Gasteiger partial charge >= 0.3 is 11.9 Å². The standard InChI is InChI=1S/C34H50N6O10S2/c1-13-23(21(15(3)41)33(47)48)39-25(27(13)51-17-9-19(35-11-17)29(43)37(5)6)31(45)40-24(22(16(4)42)34(49)50)14(2)28(26(40)32(39)46)52-18-10-20(36-12-18)30(44)38(7)8/h13-24,35-36,41-42H,9-12H2,1-8H3,(H,47,48)(H,49,50)/t13-,14-,15-,16-,17+,18+,19+,20+,21-,22-,23-,24-/m1/s1. The lowest BCUT2D eigenvalue weighted by Crippen LogP contribution is -2.59. The van der Waals surface area contributed by atoms with Crippen molar-refractivity contribution in [2.45, 2.75) is 87.4 Å². The van der Waals surface area contributed by atoms with Crippen molar-refractivity contribution in [3.63, 3.8) is 0 Å². The Morgan fingerprint density at radius 2 is 1.02 bits per heavy atom. The fourth-order valence-electron chi connectivity index (χ4n) is 8.33. The normalized spacial score (nSPS) is 30.4. The van der Waals surface area contributed by atoms with Crippen molar-refractivity contribution in [2.24, 2.45) is 23.7 Å². The van der Waals surface area contributed by atoms with Crippen molar-refractivity contribution in [1.82, 2.24) is 29.6 Å². The summed E-state index contributed by atoms with van der Waals surface area (Å²) in [4.78, 5) is 84.8. The molecule has 16 nitrogen and oxygen atoms in total. The quantitative estimate of drug-likeness (QED) is 0.134. The fourth-order valence-corrected chi connectivity index (χ4v) is 11.3. The number of carbonyl (C=O) groups excluding carboxylic acids is 2. The maximum atomic E-state index is 15.0. The van der Waals surface area contributed by atoms with Gasteiger partial charge in [-0.3, -0.25) is 37.9 Å². The van der Waals surface area contributed by atoms with Crippen LogP contribution in [0, 0.1) is 23.7 Å². The average molecular weight is 767 g/mol. The van der Waals surface area contributed by atoms with Gasteiger partial charge in [0.2, 0.25) is 11.8 Å². The Morgan fingerprint density at radius 3 is 1.29 bits per heavy atom. The number of carbonyl (C=O) groups is 4. The smallest absolute Gasteiger partial charge is 0.311 e. The van der Waals surface area contributed by atoms with Gasteiger partial charge in [0.05, 0.1) is 36.4 Å². The molecule has 2 fully saturated rings. The summed E-state index contributed by atoms with van der Waals surface area (Å²) in [6.45, 7) is 6.86. The number of aromatic nitrogens is 2. The lowest BCUT2D eigenvalue weighted by molar-refractivity contribution is -0.149. The molecule has 2 saturated heterocycles. The minimum absolute atomic E-state index is 0.0807. The van der Waals surface area contributed by atoms with Gasteiger partial charge in [-0.1, -0.05) is 13.8 Å². The van der Waals surface area contributed by atoms with Crippen LogP contribution in [0.4, 0.5) is 0 Å².